The van der Waals surface area contributed by atoms with Gasteiger partial charge in [-0.15, -0.1) is 0 Å². The van der Waals surface area contributed by atoms with Crippen LogP contribution >= 0.6 is 15.9 Å². The predicted octanol–water partition coefficient (Wildman–Crippen LogP) is 2.79. The molecule has 98 valence electrons. The summed E-state index contributed by atoms with van der Waals surface area (Å²) in [6.07, 6.45) is 3.36. The first-order valence-electron chi connectivity index (χ1n) is 6.33. The first-order valence-corrected chi connectivity index (χ1v) is 7.12. The fourth-order valence-corrected chi connectivity index (χ4v) is 2.56. The van der Waals surface area contributed by atoms with Gasteiger partial charge in [-0.1, -0.05) is 28.8 Å². The minimum atomic E-state index is -0.403. The maximum Gasteiger partial charge on any atom is 0.251 e. The molecule has 1 aliphatic rings. The summed E-state index contributed by atoms with van der Waals surface area (Å²) < 4.78 is 0.997. The molecule has 2 rings (SSSR count). The summed E-state index contributed by atoms with van der Waals surface area (Å²) in [6, 6.07) is 5.42. The number of hydrogen-bond acceptors (Lipinski definition) is 2. The van der Waals surface area contributed by atoms with E-state index in [1.165, 1.54) is 0 Å². The Morgan fingerprint density at radius 1 is 1.39 bits per heavy atom. The molecule has 0 aliphatic heterocycles. The molecule has 0 saturated heterocycles. The second kappa shape index (κ2) is 5.85. The monoisotopic (exact) mass is 311 g/mol. The van der Waals surface area contributed by atoms with E-state index in [1.807, 2.05) is 19.1 Å². The second-order valence-corrected chi connectivity index (χ2v) is 5.75. The smallest absolute Gasteiger partial charge is 0.251 e. The van der Waals surface area contributed by atoms with E-state index in [1.54, 1.807) is 6.07 Å². The van der Waals surface area contributed by atoms with Crippen molar-refractivity contribution in [3.63, 3.8) is 0 Å². The lowest BCUT2D eigenvalue weighted by atomic mass is 9.92. The van der Waals surface area contributed by atoms with Gasteiger partial charge in [-0.25, -0.2) is 0 Å². The van der Waals surface area contributed by atoms with Gasteiger partial charge in [-0.3, -0.25) is 4.79 Å². The number of carbonyl (C=O) groups is 1. The van der Waals surface area contributed by atoms with E-state index in [2.05, 4.69) is 21.2 Å². The molecule has 1 aliphatic carbocycles. The lowest BCUT2D eigenvalue weighted by molar-refractivity contribution is 0.0717. The van der Waals surface area contributed by atoms with Crippen molar-refractivity contribution < 1.29 is 9.90 Å². The van der Waals surface area contributed by atoms with Crippen LogP contribution in [0.5, 0.6) is 0 Å². The summed E-state index contributed by atoms with van der Waals surface area (Å²) in [5, 5.41) is 12.8. The van der Waals surface area contributed by atoms with Crippen LogP contribution < -0.4 is 5.32 Å². The second-order valence-electron chi connectivity index (χ2n) is 4.90. The largest absolute Gasteiger partial charge is 0.391 e. The van der Waals surface area contributed by atoms with Crippen LogP contribution in [0.25, 0.3) is 0 Å². The van der Waals surface area contributed by atoms with Gasteiger partial charge in [-0.05, 0) is 43.5 Å². The van der Waals surface area contributed by atoms with Crippen LogP contribution in [0.4, 0.5) is 0 Å². The molecule has 1 amide bonds. The number of aliphatic hydroxyl groups excluding tert-OH is 1. The topological polar surface area (TPSA) is 49.3 Å². The average Bonchev–Trinajstić information content (AvgIpc) is 2.35. The molecule has 3 nitrogen and oxygen atoms in total. The lowest BCUT2D eigenvalue weighted by Crippen LogP contribution is -2.45. The van der Waals surface area contributed by atoms with E-state index >= 15 is 0 Å². The van der Waals surface area contributed by atoms with Crippen molar-refractivity contribution >= 4 is 21.8 Å². The van der Waals surface area contributed by atoms with E-state index in [0.29, 0.717) is 5.56 Å². The quantitative estimate of drug-likeness (QED) is 0.882. The number of nitrogens with one attached hydrogen (secondary N) is 1. The van der Waals surface area contributed by atoms with Gasteiger partial charge in [0.15, 0.2) is 0 Å². The Bertz CT molecular complexity index is 447. The number of amides is 1. The number of carbonyl (C=O) groups excluding carboxylic acids is 1. The van der Waals surface area contributed by atoms with Crippen molar-refractivity contribution in [2.24, 2.45) is 0 Å². The Labute approximate surface area is 116 Å². The van der Waals surface area contributed by atoms with Crippen LogP contribution in [0.15, 0.2) is 22.7 Å². The van der Waals surface area contributed by atoms with E-state index in [9.17, 15) is 9.90 Å². The zero-order valence-electron chi connectivity index (χ0n) is 10.4. The van der Waals surface area contributed by atoms with Gasteiger partial charge in [0.05, 0.1) is 12.1 Å². The molecule has 2 N–H and O–H groups in total. The fraction of sp³-hybridized carbons (Fsp3) is 0.500. The summed E-state index contributed by atoms with van der Waals surface area (Å²) in [6.45, 7) is 1.95. The molecule has 0 bridgehead atoms. The number of halogens is 1. The van der Waals surface area contributed by atoms with Crippen molar-refractivity contribution in [2.75, 3.05) is 0 Å². The Morgan fingerprint density at radius 2 is 2.11 bits per heavy atom. The third kappa shape index (κ3) is 3.12. The molecule has 1 fully saturated rings. The lowest BCUT2D eigenvalue weighted by Gasteiger charge is -2.28. The molecular weight excluding hydrogens is 294 g/mol. The van der Waals surface area contributed by atoms with Gasteiger partial charge >= 0.3 is 0 Å². The number of aryl methyl sites for hydroxylation is 1. The van der Waals surface area contributed by atoms with Crippen LogP contribution in [-0.4, -0.2) is 23.2 Å². The van der Waals surface area contributed by atoms with Gasteiger partial charge in [0.2, 0.25) is 0 Å². The summed E-state index contributed by atoms with van der Waals surface area (Å²) in [7, 11) is 0. The van der Waals surface area contributed by atoms with E-state index < -0.39 is 6.10 Å². The highest BCUT2D eigenvalue weighted by Gasteiger charge is 2.24. The molecule has 0 heterocycles. The summed E-state index contributed by atoms with van der Waals surface area (Å²) in [5.41, 5.74) is 1.68. The Balaban J connectivity index is 2.04. The number of aliphatic hydroxyl groups is 1. The van der Waals surface area contributed by atoms with Gasteiger partial charge in [0, 0.05) is 10.0 Å². The molecular formula is C14H18BrNO2. The molecule has 4 heteroatoms. The molecule has 1 aromatic rings. The number of rotatable bonds is 2. The molecule has 1 aromatic carbocycles. The minimum absolute atomic E-state index is 0.100. The van der Waals surface area contributed by atoms with Crippen LogP contribution in [0.3, 0.4) is 0 Å². The maximum atomic E-state index is 12.1. The number of benzene rings is 1. The fourth-order valence-electron chi connectivity index (χ4n) is 2.32. The molecule has 0 radical (unpaired) electrons. The summed E-state index contributed by atoms with van der Waals surface area (Å²) >= 11 is 3.41. The molecule has 2 atom stereocenters. The standard InChI is InChI=1S/C14H18BrNO2/c1-9-8-10(6-7-11(9)15)14(18)16-12-4-2-3-5-13(12)17/h6-8,12-13,17H,2-5H2,1H3,(H,16,18). The SMILES string of the molecule is Cc1cc(C(=O)NC2CCCCC2O)ccc1Br. The molecule has 2 unspecified atom stereocenters. The summed E-state index contributed by atoms with van der Waals surface area (Å²) in [5.74, 6) is -0.100. The van der Waals surface area contributed by atoms with E-state index in [4.69, 9.17) is 0 Å². The highest BCUT2D eigenvalue weighted by Crippen LogP contribution is 2.20. The minimum Gasteiger partial charge on any atom is -0.391 e. The average molecular weight is 312 g/mol. The zero-order chi connectivity index (χ0) is 13.1. The third-order valence-electron chi connectivity index (χ3n) is 3.47. The first kappa shape index (κ1) is 13.6. The van der Waals surface area contributed by atoms with Gasteiger partial charge in [0.25, 0.3) is 5.91 Å². The van der Waals surface area contributed by atoms with Crippen LogP contribution in [0, 0.1) is 6.92 Å². The number of hydrogen-bond donors (Lipinski definition) is 2. The van der Waals surface area contributed by atoms with Crippen LogP contribution in [0.1, 0.15) is 41.6 Å². The normalized spacial score (nSPS) is 23.7. The molecule has 0 spiro atoms. The van der Waals surface area contributed by atoms with Gasteiger partial charge in [0.1, 0.15) is 0 Å². The summed E-state index contributed by atoms with van der Waals surface area (Å²) in [4.78, 5) is 12.1. The van der Waals surface area contributed by atoms with Crippen molar-refractivity contribution in [2.45, 2.75) is 44.8 Å². The Hall–Kier alpha value is -0.870. The third-order valence-corrected chi connectivity index (χ3v) is 4.36. The first-order chi connectivity index (χ1) is 8.58. The van der Waals surface area contributed by atoms with E-state index in [0.717, 1.165) is 35.7 Å². The van der Waals surface area contributed by atoms with Gasteiger partial charge in [-0.2, -0.15) is 0 Å². The van der Waals surface area contributed by atoms with Gasteiger partial charge < -0.3 is 10.4 Å². The van der Waals surface area contributed by atoms with Crippen molar-refractivity contribution in [3.8, 4) is 0 Å². The van der Waals surface area contributed by atoms with Crippen LogP contribution in [-0.2, 0) is 0 Å². The zero-order valence-corrected chi connectivity index (χ0v) is 12.0. The Morgan fingerprint density at radius 3 is 2.78 bits per heavy atom. The van der Waals surface area contributed by atoms with Crippen LogP contribution in [0.2, 0.25) is 0 Å². The molecule has 18 heavy (non-hydrogen) atoms. The van der Waals surface area contributed by atoms with Crippen molar-refractivity contribution in [3.05, 3.63) is 33.8 Å². The predicted molar refractivity (Wildman–Crippen MR) is 74.6 cm³/mol. The Kier molecular flexibility index (Phi) is 4.40. The van der Waals surface area contributed by atoms with Crippen molar-refractivity contribution in [1.29, 1.82) is 0 Å². The maximum absolute atomic E-state index is 12.1. The van der Waals surface area contributed by atoms with E-state index in [-0.39, 0.29) is 11.9 Å². The van der Waals surface area contributed by atoms with Crippen molar-refractivity contribution in [1.82, 2.24) is 5.32 Å². The molecule has 0 aromatic heterocycles. The molecule has 1 saturated carbocycles. The highest BCUT2D eigenvalue weighted by atomic mass is 79.9. The highest BCUT2D eigenvalue weighted by molar-refractivity contribution is 9.10.